The van der Waals surface area contributed by atoms with Gasteiger partial charge >= 0.3 is 0 Å². The van der Waals surface area contributed by atoms with Gasteiger partial charge in [0.25, 0.3) is 0 Å². The topological polar surface area (TPSA) is 154 Å². The van der Waals surface area contributed by atoms with Gasteiger partial charge in [-0.3, -0.25) is 9.40 Å². The first-order chi connectivity index (χ1) is 11.5. The molecule has 2 aliphatic heterocycles. The summed E-state index contributed by atoms with van der Waals surface area (Å²) in [5.74, 6) is 0.893. The van der Waals surface area contributed by atoms with Crippen LogP contribution >= 0.6 is 0 Å². The van der Waals surface area contributed by atoms with Crippen LogP contribution in [-0.2, 0) is 9.57 Å². The molecule has 11 nitrogen and oxygen atoms in total. The number of amidine groups is 1. The van der Waals surface area contributed by atoms with Crippen LogP contribution in [0.25, 0.3) is 0 Å². The van der Waals surface area contributed by atoms with E-state index in [-0.39, 0.29) is 19.9 Å². The van der Waals surface area contributed by atoms with E-state index in [0.29, 0.717) is 17.3 Å². The van der Waals surface area contributed by atoms with Crippen LogP contribution < -0.4 is 10.8 Å². The Morgan fingerprint density at radius 1 is 1.54 bits per heavy atom. The highest BCUT2D eigenvalue weighted by Crippen LogP contribution is 2.40. The SMILES string of the molecule is C[C@]1(O)C(n2cnc3c2NCN=C3NOCCO)O[C@H](CO)[C@H]1O. The molecule has 1 aromatic rings. The summed E-state index contributed by atoms with van der Waals surface area (Å²) in [5, 5.41) is 41.7. The van der Waals surface area contributed by atoms with E-state index < -0.39 is 30.6 Å². The van der Waals surface area contributed by atoms with Crippen LogP contribution in [-0.4, -0.2) is 80.1 Å². The second-order valence-electron chi connectivity index (χ2n) is 5.74. The lowest BCUT2D eigenvalue weighted by Crippen LogP contribution is -2.44. The zero-order valence-corrected chi connectivity index (χ0v) is 13.1. The average molecular weight is 343 g/mol. The number of aromatic nitrogens is 2. The van der Waals surface area contributed by atoms with E-state index in [1.54, 1.807) is 0 Å². The number of ether oxygens (including phenoxy) is 1. The zero-order valence-electron chi connectivity index (χ0n) is 13.1. The summed E-state index contributed by atoms with van der Waals surface area (Å²) in [6, 6.07) is 0. The molecule has 2 aliphatic rings. The Bertz CT molecular complexity index is 618. The van der Waals surface area contributed by atoms with Gasteiger partial charge in [0.1, 0.15) is 36.0 Å². The van der Waals surface area contributed by atoms with E-state index in [4.69, 9.17) is 14.7 Å². The van der Waals surface area contributed by atoms with E-state index in [2.05, 4.69) is 20.8 Å². The minimum atomic E-state index is -1.61. The van der Waals surface area contributed by atoms with Crippen molar-refractivity contribution in [3.63, 3.8) is 0 Å². The molecule has 134 valence electrons. The van der Waals surface area contributed by atoms with Crippen molar-refractivity contribution in [3.8, 4) is 0 Å². The molecule has 1 aromatic heterocycles. The van der Waals surface area contributed by atoms with Crippen molar-refractivity contribution < 1.29 is 30.0 Å². The minimum Gasteiger partial charge on any atom is -0.394 e. The molecule has 0 saturated carbocycles. The van der Waals surface area contributed by atoms with E-state index in [0.717, 1.165) is 0 Å². The molecule has 0 radical (unpaired) electrons. The smallest absolute Gasteiger partial charge is 0.177 e. The van der Waals surface area contributed by atoms with Gasteiger partial charge in [-0.05, 0) is 6.92 Å². The number of aliphatic hydroxyl groups is 4. The maximum absolute atomic E-state index is 10.6. The molecule has 1 fully saturated rings. The summed E-state index contributed by atoms with van der Waals surface area (Å²) in [6.07, 6.45) is -1.64. The van der Waals surface area contributed by atoms with Crippen molar-refractivity contribution in [1.29, 1.82) is 0 Å². The number of hydrogen-bond donors (Lipinski definition) is 6. The van der Waals surface area contributed by atoms with E-state index >= 15 is 0 Å². The largest absolute Gasteiger partial charge is 0.394 e. The molecule has 0 spiro atoms. The quantitative estimate of drug-likeness (QED) is 0.252. The lowest BCUT2D eigenvalue weighted by molar-refractivity contribution is -0.0958. The molecule has 1 unspecified atom stereocenters. The number of rotatable bonds is 5. The number of imidazole rings is 1. The third-order valence-corrected chi connectivity index (χ3v) is 4.05. The number of hydroxylamine groups is 1. The van der Waals surface area contributed by atoms with Crippen molar-refractivity contribution >= 4 is 11.7 Å². The molecule has 0 aliphatic carbocycles. The molecular weight excluding hydrogens is 322 g/mol. The van der Waals surface area contributed by atoms with Gasteiger partial charge in [0.05, 0.1) is 26.1 Å². The molecular formula is C13H21N5O6. The van der Waals surface area contributed by atoms with E-state index in [1.165, 1.54) is 17.8 Å². The molecule has 4 atom stereocenters. The third kappa shape index (κ3) is 2.75. The maximum Gasteiger partial charge on any atom is 0.177 e. The second kappa shape index (κ2) is 6.63. The van der Waals surface area contributed by atoms with Crippen LogP contribution in [0.3, 0.4) is 0 Å². The molecule has 1 saturated heterocycles. The standard InChI is InChI=1S/C13H21N5O6/c1-13(22)9(21)7(4-20)24-12(13)18-6-16-8-10(17-23-3-2-19)14-5-15-11(8)18/h6-7,9,12,15,19-22H,2-5H2,1H3,(H,14,17)/t7-,9-,12?,13-/m1/s1. The monoisotopic (exact) mass is 343 g/mol. The number of aliphatic imine (C=N–C) groups is 1. The second-order valence-corrected chi connectivity index (χ2v) is 5.74. The Hall–Kier alpha value is -1.76. The molecule has 0 aromatic carbocycles. The van der Waals surface area contributed by atoms with Crippen LogP contribution in [0.5, 0.6) is 0 Å². The van der Waals surface area contributed by atoms with Gasteiger partial charge in [-0.2, -0.15) is 0 Å². The van der Waals surface area contributed by atoms with E-state index in [1.807, 2.05) is 0 Å². The van der Waals surface area contributed by atoms with Crippen LogP contribution in [0.2, 0.25) is 0 Å². The summed E-state index contributed by atoms with van der Waals surface area (Å²) >= 11 is 0. The molecule has 3 heterocycles. The van der Waals surface area contributed by atoms with Gasteiger partial charge in [0.2, 0.25) is 0 Å². The molecule has 11 heteroatoms. The third-order valence-electron chi connectivity index (χ3n) is 4.05. The van der Waals surface area contributed by atoms with Crippen LogP contribution in [0.15, 0.2) is 11.3 Å². The number of anilines is 1. The predicted octanol–water partition coefficient (Wildman–Crippen LogP) is -2.47. The van der Waals surface area contributed by atoms with Gasteiger partial charge in [-0.1, -0.05) is 0 Å². The molecule has 0 amide bonds. The first kappa shape index (κ1) is 17.1. The summed E-state index contributed by atoms with van der Waals surface area (Å²) < 4.78 is 7.13. The average Bonchev–Trinajstić information content (AvgIpc) is 3.08. The Morgan fingerprint density at radius 3 is 3.00 bits per heavy atom. The summed E-state index contributed by atoms with van der Waals surface area (Å²) in [4.78, 5) is 13.5. The number of fused-ring (bicyclic) bond motifs is 1. The van der Waals surface area contributed by atoms with E-state index in [9.17, 15) is 15.3 Å². The fraction of sp³-hybridized carbons (Fsp3) is 0.692. The Balaban J connectivity index is 1.86. The molecule has 24 heavy (non-hydrogen) atoms. The van der Waals surface area contributed by atoms with Gasteiger partial charge in [-0.25, -0.2) is 15.5 Å². The van der Waals surface area contributed by atoms with Crippen LogP contribution in [0.4, 0.5) is 5.82 Å². The minimum absolute atomic E-state index is 0.0906. The summed E-state index contributed by atoms with van der Waals surface area (Å²) in [6.45, 7) is 1.21. The first-order valence-electron chi connectivity index (χ1n) is 7.51. The van der Waals surface area contributed by atoms with Crippen LogP contribution in [0, 0.1) is 0 Å². The van der Waals surface area contributed by atoms with Crippen molar-refractivity contribution in [2.24, 2.45) is 4.99 Å². The highest BCUT2D eigenvalue weighted by molar-refractivity contribution is 6.01. The fourth-order valence-electron chi connectivity index (χ4n) is 2.79. The zero-order chi connectivity index (χ0) is 17.3. The Morgan fingerprint density at radius 2 is 2.33 bits per heavy atom. The summed E-state index contributed by atoms with van der Waals surface area (Å²) in [7, 11) is 0. The highest BCUT2D eigenvalue weighted by Gasteiger charge is 2.53. The Labute approximate surface area is 137 Å². The Kier molecular flexibility index (Phi) is 4.71. The van der Waals surface area contributed by atoms with Crippen molar-refractivity contribution in [3.05, 3.63) is 12.0 Å². The number of nitrogens with zero attached hydrogens (tertiary/aromatic N) is 3. The molecule has 0 bridgehead atoms. The number of aliphatic hydroxyl groups excluding tert-OH is 3. The molecule has 6 N–H and O–H groups in total. The normalized spacial score (nSPS) is 32.2. The van der Waals surface area contributed by atoms with Gasteiger partial charge in [0.15, 0.2) is 12.1 Å². The van der Waals surface area contributed by atoms with Crippen molar-refractivity contribution in [2.45, 2.75) is 31.0 Å². The van der Waals surface area contributed by atoms with Crippen molar-refractivity contribution in [2.75, 3.05) is 31.8 Å². The number of nitrogens with one attached hydrogen (secondary N) is 2. The number of hydrogen-bond acceptors (Lipinski definition) is 10. The van der Waals surface area contributed by atoms with Gasteiger partial charge in [0, 0.05) is 0 Å². The highest BCUT2D eigenvalue weighted by atomic mass is 16.6. The van der Waals surface area contributed by atoms with Gasteiger partial charge in [-0.15, -0.1) is 0 Å². The van der Waals surface area contributed by atoms with Crippen LogP contribution in [0.1, 0.15) is 18.8 Å². The lowest BCUT2D eigenvalue weighted by Gasteiger charge is -2.29. The lowest BCUT2D eigenvalue weighted by atomic mass is 9.96. The fourth-order valence-corrected chi connectivity index (χ4v) is 2.79. The predicted molar refractivity (Wildman–Crippen MR) is 81.1 cm³/mol. The molecule has 3 rings (SSSR count). The summed E-state index contributed by atoms with van der Waals surface area (Å²) in [5.41, 5.74) is 1.45. The van der Waals surface area contributed by atoms with Gasteiger partial charge < -0.3 is 30.5 Å². The first-order valence-corrected chi connectivity index (χ1v) is 7.51. The van der Waals surface area contributed by atoms with Crippen molar-refractivity contribution in [1.82, 2.24) is 15.0 Å². The maximum atomic E-state index is 10.6.